The molecule has 0 aromatic carbocycles. The first-order valence-corrected chi connectivity index (χ1v) is 10.0. The molecule has 0 N–H and O–H groups in total. The highest BCUT2D eigenvalue weighted by Crippen LogP contribution is 2.29. The van der Waals surface area contributed by atoms with Gasteiger partial charge in [-0.25, -0.2) is 4.79 Å². The number of hydrogen-bond donors (Lipinski definition) is 0. The Balaban J connectivity index is 3.24. The van der Waals surface area contributed by atoms with Gasteiger partial charge in [0.25, 0.3) is 10.1 Å². The predicted molar refractivity (Wildman–Crippen MR) is 91.2 cm³/mol. The topological polar surface area (TPSA) is 128 Å². The van der Waals surface area contributed by atoms with Crippen molar-refractivity contribution in [2.75, 3.05) is 12.9 Å². The van der Waals surface area contributed by atoms with Crippen LogP contribution in [0, 0.1) is 0 Å². The highest BCUT2D eigenvalue weighted by molar-refractivity contribution is 7.86. The summed E-state index contributed by atoms with van der Waals surface area (Å²) in [5.74, 6) is -0.567. The Hall–Kier alpha value is -1.61. The van der Waals surface area contributed by atoms with E-state index in [-0.39, 0.29) is 24.7 Å². The largest absolute Gasteiger partial charge is 0.463 e. The second-order valence-corrected chi connectivity index (χ2v) is 7.29. The van der Waals surface area contributed by atoms with Crippen molar-refractivity contribution in [3.05, 3.63) is 22.1 Å². The fourth-order valence-corrected chi connectivity index (χ4v) is 3.26. The van der Waals surface area contributed by atoms with Gasteiger partial charge in [0.05, 0.1) is 37.2 Å². The number of carbonyl (C=O) groups excluding carboxylic acids is 1. The number of esters is 1. The average molecular weight is 375 g/mol. The maximum atomic E-state index is 12.1. The van der Waals surface area contributed by atoms with E-state index in [1.807, 2.05) is 13.8 Å². The molecule has 0 aliphatic heterocycles. The van der Waals surface area contributed by atoms with Crippen molar-refractivity contribution < 1.29 is 26.9 Å². The predicted octanol–water partition coefficient (Wildman–Crippen LogP) is 2.48. The summed E-state index contributed by atoms with van der Waals surface area (Å²) in [6.45, 7) is 5.75. The standard InChI is InChI=1S/C15H25N3O6S/c1-5-11(6-2)23-12-8-10(15(19)22-7-3)9-13(14(12)17-18-16)24-25(4,20)21/h8,11-14H,5-7,9H2,1-4H3/t12-,13-,14-/m0/s1. The summed E-state index contributed by atoms with van der Waals surface area (Å²) < 4.78 is 39.1. The van der Waals surface area contributed by atoms with Gasteiger partial charge in [0, 0.05) is 16.9 Å². The summed E-state index contributed by atoms with van der Waals surface area (Å²) >= 11 is 0. The van der Waals surface area contributed by atoms with Gasteiger partial charge in [-0.3, -0.25) is 4.18 Å². The lowest BCUT2D eigenvalue weighted by Crippen LogP contribution is -2.44. The van der Waals surface area contributed by atoms with Gasteiger partial charge in [0.1, 0.15) is 0 Å². The third-order valence-electron chi connectivity index (χ3n) is 3.79. The summed E-state index contributed by atoms with van der Waals surface area (Å²) in [5.41, 5.74) is 9.09. The van der Waals surface area contributed by atoms with Crippen LogP contribution in [0.3, 0.4) is 0 Å². The Morgan fingerprint density at radius 1 is 1.40 bits per heavy atom. The van der Waals surface area contributed by atoms with Gasteiger partial charge in [-0.1, -0.05) is 19.0 Å². The maximum absolute atomic E-state index is 12.1. The molecule has 0 spiro atoms. The summed E-state index contributed by atoms with van der Waals surface area (Å²) in [6, 6.07) is -0.904. The Morgan fingerprint density at radius 3 is 2.52 bits per heavy atom. The molecule has 0 fully saturated rings. The van der Waals surface area contributed by atoms with E-state index in [2.05, 4.69) is 10.0 Å². The van der Waals surface area contributed by atoms with E-state index in [9.17, 15) is 13.2 Å². The van der Waals surface area contributed by atoms with Crippen LogP contribution in [-0.2, 0) is 28.6 Å². The molecule has 142 valence electrons. The number of ether oxygens (including phenoxy) is 2. The van der Waals surface area contributed by atoms with Crippen LogP contribution >= 0.6 is 0 Å². The van der Waals surface area contributed by atoms with Crippen molar-refractivity contribution in [3.63, 3.8) is 0 Å². The Labute approximate surface area is 148 Å². The van der Waals surface area contributed by atoms with Gasteiger partial charge in [0.2, 0.25) is 0 Å². The van der Waals surface area contributed by atoms with Gasteiger partial charge in [-0.2, -0.15) is 8.42 Å². The third-order valence-corrected chi connectivity index (χ3v) is 4.38. The normalized spacial score (nSPS) is 23.7. The first-order chi connectivity index (χ1) is 11.8. The lowest BCUT2D eigenvalue weighted by atomic mass is 9.90. The van der Waals surface area contributed by atoms with E-state index in [4.69, 9.17) is 19.2 Å². The van der Waals surface area contributed by atoms with Crippen LogP contribution in [0.25, 0.3) is 10.4 Å². The molecule has 0 saturated heterocycles. The van der Waals surface area contributed by atoms with Crippen molar-refractivity contribution in [1.82, 2.24) is 0 Å². The fraction of sp³-hybridized carbons (Fsp3) is 0.800. The number of carbonyl (C=O) groups is 1. The molecule has 0 heterocycles. The molecular weight excluding hydrogens is 350 g/mol. The van der Waals surface area contributed by atoms with Gasteiger partial charge in [0.15, 0.2) is 0 Å². The number of nitrogens with zero attached hydrogens (tertiary/aromatic N) is 3. The SMILES string of the molecule is CCOC(=O)C1=C[C@H](OC(CC)CC)[C@H](N=[N+]=[N-])[C@@H](OS(C)(=O)=O)C1. The number of hydrogen-bond acceptors (Lipinski definition) is 7. The molecule has 0 radical (unpaired) electrons. The molecule has 9 nitrogen and oxygen atoms in total. The van der Waals surface area contributed by atoms with Crippen LogP contribution < -0.4 is 0 Å². The zero-order valence-corrected chi connectivity index (χ0v) is 15.7. The van der Waals surface area contributed by atoms with E-state index < -0.39 is 34.3 Å². The summed E-state index contributed by atoms with van der Waals surface area (Å²) in [4.78, 5) is 14.9. The molecular formula is C15H25N3O6S. The first kappa shape index (κ1) is 21.4. The van der Waals surface area contributed by atoms with E-state index >= 15 is 0 Å². The highest BCUT2D eigenvalue weighted by Gasteiger charge is 2.39. The molecule has 1 rings (SSSR count). The minimum Gasteiger partial charge on any atom is -0.463 e. The van der Waals surface area contributed by atoms with Crippen LogP contribution in [0.4, 0.5) is 0 Å². The highest BCUT2D eigenvalue weighted by atomic mass is 32.2. The first-order valence-electron chi connectivity index (χ1n) is 8.21. The van der Waals surface area contributed by atoms with Gasteiger partial charge in [-0.05, 0) is 31.4 Å². The minimum absolute atomic E-state index is 0.0433. The molecule has 0 bridgehead atoms. The maximum Gasteiger partial charge on any atom is 0.333 e. The lowest BCUT2D eigenvalue weighted by molar-refractivity contribution is -0.139. The summed E-state index contributed by atoms with van der Waals surface area (Å²) in [7, 11) is -3.82. The summed E-state index contributed by atoms with van der Waals surface area (Å²) in [6.07, 6.45) is 1.90. The van der Waals surface area contributed by atoms with Gasteiger partial charge >= 0.3 is 5.97 Å². The molecule has 1 aliphatic rings. The molecule has 0 amide bonds. The fourth-order valence-electron chi connectivity index (χ4n) is 2.63. The van der Waals surface area contributed by atoms with Crippen LogP contribution in [0.2, 0.25) is 0 Å². The van der Waals surface area contributed by atoms with Crippen LogP contribution in [0.1, 0.15) is 40.0 Å². The summed E-state index contributed by atoms with van der Waals surface area (Å²) in [5, 5.41) is 3.66. The molecule has 0 saturated carbocycles. The molecule has 0 unspecified atom stereocenters. The zero-order valence-electron chi connectivity index (χ0n) is 14.9. The van der Waals surface area contributed by atoms with E-state index in [1.165, 1.54) is 6.08 Å². The Morgan fingerprint density at radius 2 is 2.04 bits per heavy atom. The van der Waals surface area contributed by atoms with E-state index in [0.29, 0.717) is 0 Å². The Bertz CT molecular complexity index is 638. The molecule has 0 aromatic heterocycles. The van der Waals surface area contributed by atoms with Crippen molar-refractivity contribution in [1.29, 1.82) is 0 Å². The van der Waals surface area contributed by atoms with Crippen molar-refractivity contribution in [2.45, 2.75) is 64.4 Å². The van der Waals surface area contributed by atoms with Crippen LogP contribution in [0.15, 0.2) is 16.8 Å². The third kappa shape index (κ3) is 6.66. The van der Waals surface area contributed by atoms with E-state index in [1.54, 1.807) is 6.92 Å². The lowest BCUT2D eigenvalue weighted by Gasteiger charge is -2.34. The average Bonchev–Trinajstić information content (AvgIpc) is 2.53. The van der Waals surface area contributed by atoms with Gasteiger partial charge < -0.3 is 9.47 Å². The van der Waals surface area contributed by atoms with Crippen molar-refractivity contribution in [2.24, 2.45) is 5.11 Å². The minimum atomic E-state index is -3.82. The van der Waals surface area contributed by atoms with Crippen molar-refractivity contribution in [3.8, 4) is 0 Å². The van der Waals surface area contributed by atoms with Crippen LogP contribution in [0.5, 0.6) is 0 Å². The number of azide groups is 1. The Kier molecular flexibility index (Phi) is 8.37. The quantitative estimate of drug-likeness (QED) is 0.200. The molecule has 3 atom stereocenters. The second kappa shape index (κ2) is 9.76. The van der Waals surface area contributed by atoms with Crippen molar-refractivity contribution >= 4 is 16.1 Å². The molecule has 0 aromatic rings. The molecule has 10 heteroatoms. The smallest absolute Gasteiger partial charge is 0.333 e. The zero-order chi connectivity index (χ0) is 19.0. The molecule has 25 heavy (non-hydrogen) atoms. The van der Waals surface area contributed by atoms with Gasteiger partial charge in [-0.15, -0.1) is 0 Å². The van der Waals surface area contributed by atoms with E-state index in [0.717, 1.165) is 19.1 Å². The monoisotopic (exact) mass is 375 g/mol. The van der Waals surface area contributed by atoms with Crippen LogP contribution in [-0.4, -0.2) is 51.6 Å². The molecule has 1 aliphatic carbocycles. The second-order valence-electron chi connectivity index (χ2n) is 5.69. The number of rotatable bonds is 9.